The fourth-order valence-corrected chi connectivity index (χ4v) is 4.32. The molecule has 4 rings (SSSR count). The molecule has 2 atom stereocenters. The van der Waals surface area contributed by atoms with Crippen molar-refractivity contribution in [2.75, 3.05) is 26.3 Å². The molecule has 1 N–H and O–H groups in total. The van der Waals surface area contributed by atoms with Gasteiger partial charge in [-0.3, -0.25) is 14.5 Å². The Bertz CT molecular complexity index is 970. The van der Waals surface area contributed by atoms with Crippen molar-refractivity contribution in [3.05, 3.63) is 59.4 Å². The number of ketones is 1. The third-order valence-corrected chi connectivity index (χ3v) is 6.38. The SMILES string of the molecule is C[C@H](NC(=O)[C@H](C)N1CCC(C(=O)c2ccc3c(c2)OCCO3)CC1)c1ccc(F)cc1. The molecule has 1 amide bonds. The van der Waals surface area contributed by atoms with Gasteiger partial charge in [0.15, 0.2) is 17.3 Å². The van der Waals surface area contributed by atoms with Crippen LogP contribution in [-0.2, 0) is 4.79 Å². The predicted molar refractivity (Wildman–Crippen MR) is 118 cm³/mol. The minimum Gasteiger partial charge on any atom is -0.486 e. The molecule has 6 nitrogen and oxygen atoms in total. The third-order valence-electron chi connectivity index (χ3n) is 6.38. The second-order valence-electron chi connectivity index (χ2n) is 8.49. The summed E-state index contributed by atoms with van der Waals surface area (Å²) < 4.78 is 24.3. The fraction of sp³-hybridized carbons (Fsp3) is 0.440. The summed E-state index contributed by atoms with van der Waals surface area (Å²) in [7, 11) is 0. The Balaban J connectivity index is 1.30. The van der Waals surface area contributed by atoms with E-state index in [1.807, 2.05) is 13.8 Å². The molecule has 1 saturated heterocycles. The van der Waals surface area contributed by atoms with E-state index in [1.165, 1.54) is 12.1 Å². The van der Waals surface area contributed by atoms with E-state index in [4.69, 9.17) is 9.47 Å². The maximum atomic E-state index is 13.1. The van der Waals surface area contributed by atoms with Gasteiger partial charge in [0.1, 0.15) is 19.0 Å². The van der Waals surface area contributed by atoms with Crippen molar-refractivity contribution in [1.82, 2.24) is 10.2 Å². The maximum Gasteiger partial charge on any atom is 0.237 e. The molecule has 0 unspecified atom stereocenters. The Hall–Kier alpha value is -2.93. The number of likely N-dealkylation sites (tertiary alicyclic amines) is 1. The lowest BCUT2D eigenvalue weighted by atomic mass is 9.88. The van der Waals surface area contributed by atoms with E-state index in [9.17, 15) is 14.0 Å². The van der Waals surface area contributed by atoms with Gasteiger partial charge in [-0.15, -0.1) is 0 Å². The molecule has 1 fully saturated rings. The molecule has 2 aromatic rings. The summed E-state index contributed by atoms with van der Waals surface area (Å²) in [6, 6.07) is 11.0. The summed E-state index contributed by atoms with van der Waals surface area (Å²) in [4.78, 5) is 27.9. The van der Waals surface area contributed by atoms with E-state index < -0.39 is 0 Å². The van der Waals surface area contributed by atoms with Gasteiger partial charge in [0.05, 0.1) is 12.1 Å². The van der Waals surface area contributed by atoms with Gasteiger partial charge in [-0.2, -0.15) is 0 Å². The van der Waals surface area contributed by atoms with Crippen LogP contribution in [0.2, 0.25) is 0 Å². The Morgan fingerprint density at radius 3 is 2.34 bits per heavy atom. The normalized spacial score (nSPS) is 18.6. The van der Waals surface area contributed by atoms with Crippen LogP contribution in [0.4, 0.5) is 4.39 Å². The van der Waals surface area contributed by atoms with Crippen LogP contribution in [0.15, 0.2) is 42.5 Å². The van der Waals surface area contributed by atoms with E-state index in [-0.39, 0.29) is 35.5 Å². The number of halogens is 1. The standard InChI is InChI=1S/C25H29FN2O4/c1-16(18-3-6-21(26)7-4-18)27-25(30)17(2)28-11-9-19(10-12-28)24(29)20-5-8-22-23(15-20)32-14-13-31-22/h3-8,15-17,19H,9-14H2,1-2H3,(H,27,30)/t16-,17-/m0/s1. The minimum atomic E-state index is -0.303. The van der Waals surface area contributed by atoms with Gasteiger partial charge in [0.2, 0.25) is 5.91 Å². The number of amides is 1. The average Bonchev–Trinajstić information content (AvgIpc) is 2.83. The second-order valence-corrected chi connectivity index (χ2v) is 8.49. The number of piperidine rings is 1. The fourth-order valence-electron chi connectivity index (χ4n) is 4.32. The molecule has 0 saturated carbocycles. The summed E-state index contributed by atoms with van der Waals surface area (Å²) in [5, 5.41) is 3.01. The van der Waals surface area contributed by atoms with Crippen molar-refractivity contribution >= 4 is 11.7 Å². The van der Waals surface area contributed by atoms with Crippen molar-refractivity contribution in [3.63, 3.8) is 0 Å². The highest BCUT2D eigenvalue weighted by Crippen LogP contribution is 2.32. The van der Waals surface area contributed by atoms with Crippen LogP contribution in [0.3, 0.4) is 0 Å². The van der Waals surface area contributed by atoms with E-state index in [2.05, 4.69) is 10.2 Å². The second kappa shape index (κ2) is 9.69. The highest BCUT2D eigenvalue weighted by molar-refractivity contribution is 5.98. The first kappa shape index (κ1) is 22.3. The molecule has 0 spiro atoms. The zero-order chi connectivity index (χ0) is 22.7. The Labute approximate surface area is 187 Å². The number of carbonyl (C=O) groups is 2. The summed E-state index contributed by atoms with van der Waals surface area (Å²) in [6.07, 6.45) is 1.41. The number of Topliss-reactive ketones (excluding diaryl/α,β-unsaturated/α-hetero) is 1. The van der Waals surface area contributed by atoms with Crippen molar-refractivity contribution < 1.29 is 23.5 Å². The Kier molecular flexibility index (Phi) is 6.74. The first-order valence-electron chi connectivity index (χ1n) is 11.2. The topological polar surface area (TPSA) is 67.9 Å². The molecule has 2 heterocycles. The van der Waals surface area contributed by atoms with Crippen LogP contribution in [0.5, 0.6) is 11.5 Å². The van der Waals surface area contributed by atoms with E-state index in [1.54, 1.807) is 30.3 Å². The number of fused-ring (bicyclic) bond motifs is 1. The zero-order valence-corrected chi connectivity index (χ0v) is 18.5. The summed E-state index contributed by atoms with van der Waals surface area (Å²) >= 11 is 0. The number of nitrogens with one attached hydrogen (secondary N) is 1. The molecule has 2 aliphatic rings. The Morgan fingerprint density at radius 1 is 1.00 bits per heavy atom. The molecular formula is C25H29FN2O4. The van der Waals surface area contributed by atoms with E-state index in [0.29, 0.717) is 56.2 Å². The maximum absolute atomic E-state index is 13.1. The summed E-state index contributed by atoms with van der Waals surface area (Å²) in [6.45, 7) is 6.14. The molecule has 32 heavy (non-hydrogen) atoms. The molecule has 7 heteroatoms. The lowest BCUT2D eigenvalue weighted by Gasteiger charge is -2.35. The smallest absolute Gasteiger partial charge is 0.237 e. The van der Waals surface area contributed by atoms with Crippen LogP contribution in [-0.4, -0.2) is 48.9 Å². The lowest BCUT2D eigenvalue weighted by molar-refractivity contribution is -0.127. The van der Waals surface area contributed by atoms with E-state index in [0.717, 1.165) is 5.56 Å². The Morgan fingerprint density at radius 2 is 1.66 bits per heavy atom. The van der Waals surface area contributed by atoms with Crippen LogP contribution in [0.1, 0.15) is 48.7 Å². The zero-order valence-electron chi connectivity index (χ0n) is 18.5. The van der Waals surface area contributed by atoms with Gasteiger partial charge >= 0.3 is 0 Å². The van der Waals surface area contributed by atoms with Gasteiger partial charge in [-0.25, -0.2) is 4.39 Å². The highest BCUT2D eigenvalue weighted by Gasteiger charge is 2.31. The molecule has 2 aromatic carbocycles. The monoisotopic (exact) mass is 440 g/mol. The van der Waals surface area contributed by atoms with Crippen molar-refractivity contribution in [3.8, 4) is 11.5 Å². The molecular weight excluding hydrogens is 411 g/mol. The van der Waals surface area contributed by atoms with Gasteiger partial charge in [0, 0.05) is 11.5 Å². The van der Waals surface area contributed by atoms with Crippen LogP contribution < -0.4 is 14.8 Å². The van der Waals surface area contributed by atoms with Crippen molar-refractivity contribution in [1.29, 1.82) is 0 Å². The van der Waals surface area contributed by atoms with Gasteiger partial charge < -0.3 is 14.8 Å². The first-order chi connectivity index (χ1) is 15.4. The van der Waals surface area contributed by atoms with Crippen molar-refractivity contribution in [2.45, 2.75) is 38.8 Å². The average molecular weight is 441 g/mol. The van der Waals surface area contributed by atoms with Crippen LogP contribution in [0.25, 0.3) is 0 Å². The first-order valence-corrected chi connectivity index (χ1v) is 11.2. The molecule has 0 aromatic heterocycles. The molecule has 2 aliphatic heterocycles. The predicted octanol–water partition coefficient (Wildman–Crippen LogP) is 3.76. The van der Waals surface area contributed by atoms with Gasteiger partial charge in [0.25, 0.3) is 0 Å². The number of hydrogen-bond donors (Lipinski definition) is 1. The molecule has 170 valence electrons. The van der Waals surface area contributed by atoms with Gasteiger partial charge in [-0.05, 0) is 75.7 Å². The number of hydrogen-bond acceptors (Lipinski definition) is 5. The molecule has 0 aliphatic carbocycles. The quantitative estimate of drug-likeness (QED) is 0.693. The van der Waals surface area contributed by atoms with E-state index >= 15 is 0 Å². The minimum absolute atomic E-state index is 0.0674. The van der Waals surface area contributed by atoms with Crippen LogP contribution >= 0.6 is 0 Å². The number of nitrogens with zero attached hydrogens (tertiary/aromatic N) is 1. The summed E-state index contributed by atoms with van der Waals surface area (Å²) in [5.74, 6) is 0.982. The van der Waals surface area contributed by atoms with Crippen LogP contribution in [0, 0.1) is 11.7 Å². The largest absolute Gasteiger partial charge is 0.486 e. The number of rotatable bonds is 6. The molecule has 0 radical (unpaired) electrons. The van der Waals surface area contributed by atoms with Crippen molar-refractivity contribution in [2.24, 2.45) is 5.92 Å². The van der Waals surface area contributed by atoms with Gasteiger partial charge in [-0.1, -0.05) is 12.1 Å². The highest BCUT2D eigenvalue weighted by atomic mass is 19.1. The molecule has 0 bridgehead atoms. The third kappa shape index (κ3) is 4.93. The number of carbonyl (C=O) groups excluding carboxylic acids is 2. The summed E-state index contributed by atoms with van der Waals surface area (Å²) in [5.41, 5.74) is 1.50. The number of ether oxygens (including phenoxy) is 2. The lowest BCUT2D eigenvalue weighted by Crippen LogP contribution is -2.49. The number of benzene rings is 2.